The summed E-state index contributed by atoms with van der Waals surface area (Å²) in [5, 5.41) is 20.4. The smallest absolute Gasteiger partial charge is 0.0780 e. The van der Waals surface area contributed by atoms with Crippen molar-refractivity contribution in [2.45, 2.75) is 142 Å². The zero-order valence-electron chi connectivity index (χ0n) is 30.4. The van der Waals surface area contributed by atoms with Crippen LogP contribution in [0.5, 0.6) is 0 Å². The first-order valence-corrected chi connectivity index (χ1v) is 17.9. The fraction of sp³-hybridized carbons (Fsp3) is 0.789. The normalized spacial score (nSPS) is 11.3. The topological polar surface area (TPSA) is 80.3 Å². The summed E-state index contributed by atoms with van der Waals surface area (Å²) in [6.45, 7) is 7.23. The van der Waals surface area contributed by atoms with Crippen molar-refractivity contribution < 1.29 is 28.8 Å². The van der Waals surface area contributed by atoms with Crippen molar-refractivity contribution in [3.63, 3.8) is 0 Å². The maximum atomic E-state index is 10.2. The van der Waals surface area contributed by atoms with Gasteiger partial charge in [-0.15, -0.1) is 0 Å². The Morgan fingerprint density at radius 3 is 0.818 bits per heavy atom. The Hall–Kier alpha value is -1.92. The number of carboxylic acids is 2. The minimum Gasteiger partial charge on any atom is -0.545 e. The Kier molecular flexibility index (Phi) is 28.7. The maximum absolute atomic E-state index is 10.2. The molecule has 0 heterocycles. The van der Waals surface area contributed by atoms with E-state index in [0.717, 1.165) is 33.2 Å². The highest BCUT2D eigenvalue weighted by Gasteiger charge is 2.06. The molecular weight excluding hydrogens is 548 g/mol. The second-order valence-electron chi connectivity index (χ2n) is 14.5. The summed E-state index contributed by atoms with van der Waals surface area (Å²) < 4.78 is 2.24. The number of benzene rings is 1. The molecule has 1 aromatic rings. The first-order chi connectivity index (χ1) is 20.7. The Morgan fingerprint density at radius 2 is 0.636 bits per heavy atom. The minimum absolute atomic E-state index is 0.0556. The van der Waals surface area contributed by atoms with E-state index in [9.17, 15) is 19.8 Å². The Labute approximate surface area is 273 Å². The maximum Gasteiger partial charge on any atom is 0.0780 e. The van der Waals surface area contributed by atoms with E-state index in [1.54, 1.807) is 0 Å². The third kappa shape index (κ3) is 34.6. The van der Waals surface area contributed by atoms with Crippen LogP contribution in [0.2, 0.25) is 0 Å². The van der Waals surface area contributed by atoms with Crippen LogP contribution < -0.4 is 10.2 Å². The third-order valence-electron chi connectivity index (χ3n) is 7.72. The molecule has 0 N–H and O–H groups in total. The van der Waals surface area contributed by atoms with Gasteiger partial charge < -0.3 is 28.8 Å². The number of unbranched alkanes of at least 4 members (excludes halogenated alkanes) is 18. The van der Waals surface area contributed by atoms with Gasteiger partial charge in [-0.05, 0) is 36.8 Å². The van der Waals surface area contributed by atoms with Gasteiger partial charge >= 0.3 is 0 Å². The van der Waals surface area contributed by atoms with Crippen molar-refractivity contribution >= 4 is 11.9 Å². The molecule has 1 rings (SSSR count). The molecule has 0 spiro atoms. The number of carbonyl (C=O) groups is 2. The summed E-state index contributed by atoms with van der Waals surface area (Å²) in [5.74, 6) is -2.67. The predicted molar refractivity (Wildman–Crippen MR) is 185 cm³/mol. The standard InChI is InChI=1S/2C15H34N.C8H6O4/c2*1-5-6-7-8-9-10-11-12-13-14-15-16(2,3)4;9-7(10)5-1-2-6(4-3-5)8(11)12/h2*5-15H2,1-4H3;1-4H,(H,9,10)(H,11,12)/q2*+1;/p-2. The molecular formula is C38H72N2O4. The molecule has 0 aliphatic heterocycles. The van der Waals surface area contributed by atoms with E-state index in [0.29, 0.717) is 0 Å². The molecule has 1 aromatic carbocycles. The van der Waals surface area contributed by atoms with Crippen LogP contribution in [0.4, 0.5) is 0 Å². The average Bonchev–Trinajstić information content (AvgIpc) is 2.94. The zero-order chi connectivity index (χ0) is 33.7. The van der Waals surface area contributed by atoms with Crippen LogP contribution in [0.3, 0.4) is 0 Å². The van der Waals surface area contributed by atoms with Gasteiger partial charge in [0.05, 0.1) is 67.3 Å². The molecule has 0 bridgehead atoms. The molecule has 0 atom stereocenters. The summed E-state index contributed by atoms with van der Waals surface area (Å²) in [4.78, 5) is 20.4. The van der Waals surface area contributed by atoms with Gasteiger partial charge in [-0.1, -0.05) is 141 Å². The van der Waals surface area contributed by atoms with Crippen molar-refractivity contribution in [1.29, 1.82) is 0 Å². The lowest BCUT2D eigenvalue weighted by Gasteiger charge is -2.23. The molecule has 6 heteroatoms. The van der Waals surface area contributed by atoms with Crippen LogP contribution >= 0.6 is 0 Å². The van der Waals surface area contributed by atoms with Crippen molar-refractivity contribution in [2.24, 2.45) is 0 Å². The van der Waals surface area contributed by atoms with Gasteiger partial charge in [-0.25, -0.2) is 0 Å². The highest BCUT2D eigenvalue weighted by atomic mass is 16.4. The van der Waals surface area contributed by atoms with E-state index in [-0.39, 0.29) is 11.1 Å². The highest BCUT2D eigenvalue weighted by molar-refractivity contribution is 5.89. The monoisotopic (exact) mass is 621 g/mol. The first kappa shape index (κ1) is 44.2. The van der Waals surface area contributed by atoms with Gasteiger partial charge in [0.2, 0.25) is 0 Å². The molecule has 6 nitrogen and oxygen atoms in total. The van der Waals surface area contributed by atoms with Gasteiger partial charge in [0.15, 0.2) is 0 Å². The summed E-state index contributed by atoms with van der Waals surface area (Å²) in [5.41, 5.74) is -0.111. The predicted octanol–water partition coefficient (Wildman–Crippen LogP) is 7.64. The number of carbonyl (C=O) groups excluding carboxylic acids is 2. The second kappa shape index (κ2) is 28.5. The number of quaternary nitrogens is 2. The Balaban J connectivity index is 0. The quantitative estimate of drug-likeness (QED) is 0.0879. The number of hydrogen-bond acceptors (Lipinski definition) is 4. The van der Waals surface area contributed by atoms with Gasteiger partial charge in [-0.3, -0.25) is 0 Å². The van der Waals surface area contributed by atoms with Crippen molar-refractivity contribution in [3.8, 4) is 0 Å². The Bertz CT molecular complexity index is 728. The van der Waals surface area contributed by atoms with E-state index < -0.39 is 11.9 Å². The van der Waals surface area contributed by atoms with E-state index in [4.69, 9.17) is 0 Å². The van der Waals surface area contributed by atoms with E-state index in [1.165, 1.54) is 142 Å². The van der Waals surface area contributed by atoms with Gasteiger partial charge in [-0.2, -0.15) is 0 Å². The van der Waals surface area contributed by atoms with Crippen LogP contribution in [-0.4, -0.2) is 76.3 Å². The molecule has 258 valence electrons. The number of rotatable bonds is 24. The summed E-state index contributed by atoms with van der Waals surface area (Å²) in [6.07, 6.45) is 28.8. The molecule has 0 saturated carbocycles. The summed E-state index contributed by atoms with van der Waals surface area (Å²) >= 11 is 0. The SMILES string of the molecule is CCCCCCCCCCCC[N+](C)(C)C.CCCCCCCCCCCC[N+](C)(C)C.O=C([O-])c1ccc(C(=O)[O-])cc1. The number of aromatic carboxylic acids is 2. The lowest BCUT2D eigenvalue weighted by atomic mass is 10.1. The fourth-order valence-electron chi connectivity index (χ4n) is 4.89. The number of hydrogen-bond donors (Lipinski definition) is 0. The molecule has 0 aromatic heterocycles. The number of carboxylic acid groups (broad SMARTS) is 2. The van der Waals surface area contributed by atoms with Gasteiger partial charge in [0.25, 0.3) is 0 Å². The van der Waals surface area contributed by atoms with Gasteiger partial charge in [0.1, 0.15) is 0 Å². The van der Waals surface area contributed by atoms with Crippen molar-refractivity contribution in [2.75, 3.05) is 55.4 Å². The summed E-state index contributed by atoms with van der Waals surface area (Å²) in [6, 6.07) is 4.61. The van der Waals surface area contributed by atoms with E-state index in [1.807, 2.05) is 0 Å². The largest absolute Gasteiger partial charge is 0.545 e. The first-order valence-electron chi connectivity index (χ1n) is 17.9. The number of nitrogens with zero attached hydrogens (tertiary/aromatic N) is 2. The zero-order valence-corrected chi connectivity index (χ0v) is 30.4. The lowest BCUT2D eigenvalue weighted by Crippen LogP contribution is -2.35. The highest BCUT2D eigenvalue weighted by Crippen LogP contribution is 2.12. The lowest BCUT2D eigenvalue weighted by molar-refractivity contribution is -0.870. The van der Waals surface area contributed by atoms with Crippen molar-refractivity contribution in [1.82, 2.24) is 0 Å². The minimum atomic E-state index is -1.33. The van der Waals surface area contributed by atoms with Crippen LogP contribution in [0.25, 0.3) is 0 Å². The van der Waals surface area contributed by atoms with Crippen LogP contribution in [-0.2, 0) is 0 Å². The van der Waals surface area contributed by atoms with Crippen LogP contribution in [0.1, 0.15) is 163 Å². The van der Waals surface area contributed by atoms with Crippen LogP contribution in [0, 0.1) is 0 Å². The molecule has 0 saturated heterocycles. The molecule has 0 amide bonds. The van der Waals surface area contributed by atoms with Gasteiger partial charge in [0, 0.05) is 0 Å². The van der Waals surface area contributed by atoms with Crippen molar-refractivity contribution in [3.05, 3.63) is 35.4 Å². The molecule has 0 aliphatic carbocycles. The Morgan fingerprint density at radius 1 is 0.432 bits per heavy atom. The van der Waals surface area contributed by atoms with E-state index in [2.05, 4.69) is 56.1 Å². The molecule has 0 aliphatic rings. The molecule has 0 fully saturated rings. The second-order valence-corrected chi connectivity index (χ2v) is 14.5. The molecule has 44 heavy (non-hydrogen) atoms. The fourth-order valence-corrected chi connectivity index (χ4v) is 4.89. The average molecular weight is 621 g/mol. The van der Waals surface area contributed by atoms with Crippen LogP contribution in [0.15, 0.2) is 24.3 Å². The summed E-state index contributed by atoms with van der Waals surface area (Å²) in [7, 11) is 13.7. The van der Waals surface area contributed by atoms with E-state index >= 15 is 0 Å². The molecule has 0 radical (unpaired) electrons. The third-order valence-corrected chi connectivity index (χ3v) is 7.72. The molecule has 0 unspecified atom stereocenters.